The van der Waals surface area contributed by atoms with Crippen molar-refractivity contribution < 1.29 is 9.53 Å². The van der Waals surface area contributed by atoms with Gasteiger partial charge in [-0.05, 0) is 31.2 Å². The van der Waals surface area contributed by atoms with E-state index in [1.807, 2.05) is 61.5 Å². The van der Waals surface area contributed by atoms with Crippen LogP contribution in [0.1, 0.15) is 12.5 Å². The third-order valence-corrected chi connectivity index (χ3v) is 3.59. The second-order valence-corrected chi connectivity index (χ2v) is 5.23. The predicted octanol–water partition coefficient (Wildman–Crippen LogP) is 3.50. The summed E-state index contributed by atoms with van der Waals surface area (Å²) in [6.45, 7) is 1.99. The quantitative estimate of drug-likeness (QED) is 0.640. The summed E-state index contributed by atoms with van der Waals surface area (Å²) in [4.78, 5) is 12.7. The molecule has 2 aromatic carbocycles. The minimum absolute atomic E-state index is 0.162. The molecule has 1 amide bonds. The fourth-order valence-electron chi connectivity index (χ4n) is 2.43. The number of carbonyl (C=O) groups excluding carboxylic acids is 1. The van der Waals surface area contributed by atoms with Gasteiger partial charge in [-0.25, -0.2) is 0 Å². The van der Waals surface area contributed by atoms with Crippen LogP contribution in [0.25, 0.3) is 6.08 Å². The summed E-state index contributed by atoms with van der Waals surface area (Å²) in [6.07, 6.45) is 7.03. The van der Waals surface area contributed by atoms with Crippen LogP contribution in [0.15, 0.2) is 65.3 Å². The molecule has 0 spiro atoms. The molecule has 0 fully saturated rings. The van der Waals surface area contributed by atoms with E-state index in [0.717, 1.165) is 11.3 Å². The molecule has 0 aliphatic carbocycles. The Morgan fingerprint density at radius 3 is 2.62 bits per heavy atom. The van der Waals surface area contributed by atoms with Crippen LogP contribution in [0.3, 0.4) is 0 Å². The van der Waals surface area contributed by atoms with E-state index in [1.165, 1.54) is 5.01 Å². The highest BCUT2D eigenvalue weighted by Crippen LogP contribution is 2.27. The Bertz CT molecular complexity index is 861. The summed E-state index contributed by atoms with van der Waals surface area (Å²) in [5.41, 5.74) is 2.73. The summed E-state index contributed by atoms with van der Waals surface area (Å²) in [5.74, 6) is 2.92. The number of rotatable bonds is 4. The van der Waals surface area contributed by atoms with E-state index < -0.39 is 0 Å². The van der Waals surface area contributed by atoms with Crippen molar-refractivity contribution in [3.63, 3.8) is 0 Å². The predicted molar refractivity (Wildman–Crippen MR) is 95.8 cm³/mol. The first kappa shape index (κ1) is 15.6. The second kappa shape index (κ2) is 6.84. The maximum atomic E-state index is 12.7. The first-order valence-electron chi connectivity index (χ1n) is 7.53. The number of benzene rings is 2. The molecular weight excluding hydrogens is 300 g/mol. The van der Waals surface area contributed by atoms with Crippen LogP contribution in [0.2, 0.25) is 0 Å². The van der Waals surface area contributed by atoms with Crippen molar-refractivity contribution in [3.8, 4) is 18.1 Å². The fourth-order valence-corrected chi connectivity index (χ4v) is 2.43. The first-order valence-corrected chi connectivity index (χ1v) is 7.53. The van der Waals surface area contributed by atoms with Crippen LogP contribution < -0.4 is 9.75 Å². The minimum atomic E-state index is -0.162. The molecule has 2 aromatic rings. The van der Waals surface area contributed by atoms with Gasteiger partial charge in [0, 0.05) is 5.56 Å². The number of amides is 1. The smallest absolute Gasteiger partial charge is 0.280 e. The molecule has 24 heavy (non-hydrogen) atoms. The number of hydrogen-bond donors (Lipinski definition) is 0. The van der Waals surface area contributed by atoms with Gasteiger partial charge in [-0.2, -0.15) is 10.1 Å². The van der Waals surface area contributed by atoms with E-state index in [-0.39, 0.29) is 12.5 Å². The monoisotopic (exact) mass is 316 g/mol. The number of hydrogen-bond acceptors (Lipinski definition) is 3. The number of hydrazone groups is 1. The molecule has 0 N–H and O–H groups in total. The van der Waals surface area contributed by atoms with E-state index in [1.54, 1.807) is 6.08 Å². The van der Waals surface area contributed by atoms with Crippen LogP contribution in [0.5, 0.6) is 5.75 Å². The summed E-state index contributed by atoms with van der Waals surface area (Å²) in [7, 11) is 0. The highest BCUT2D eigenvalue weighted by atomic mass is 16.5. The molecule has 1 heterocycles. The van der Waals surface area contributed by atoms with Crippen LogP contribution in [0.4, 0.5) is 5.69 Å². The molecule has 1 aliphatic heterocycles. The highest BCUT2D eigenvalue weighted by Gasteiger charge is 2.28. The zero-order valence-electron chi connectivity index (χ0n) is 13.3. The van der Waals surface area contributed by atoms with Crippen LogP contribution in [0, 0.1) is 12.3 Å². The van der Waals surface area contributed by atoms with Crippen molar-refractivity contribution in [2.75, 3.05) is 11.6 Å². The normalized spacial score (nSPS) is 15.3. The Morgan fingerprint density at radius 1 is 1.17 bits per heavy atom. The van der Waals surface area contributed by atoms with Gasteiger partial charge in [0.25, 0.3) is 5.91 Å². The zero-order chi connectivity index (χ0) is 16.9. The molecule has 0 saturated heterocycles. The molecule has 1 aliphatic rings. The van der Waals surface area contributed by atoms with E-state index in [4.69, 9.17) is 11.2 Å². The average Bonchev–Trinajstić information content (AvgIpc) is 2.90. The van der Waals surface area contributed by atoms with Gasteiger partial charge in [0.1, 0.15) is 12.4 Å². The molecule has 0 unspecified atom stereocenters. The topological polar surface area (TPSA) is 41.9 Å². The van der Waals surface area contributed by atoms with E-state index in [9.17, 15) is 4.79 Å². The third-order valence-electron chi connectivity index (χ3n) is 3.59. The lowest BCUT2D eigenvalue weighted by atomic mass is 10.1. The lowest BCUT2D eigenvalue weighted by molar-refractivity contribution is -0.114. The summed E-state index contributed by atoms with van der Waals surface area (Å²) in [5, 5.41) is 5.78. The second-order valence-electron chi connectivity index (χ2n) is 5.23. The Morgan fingerprint density at radius 2 is 1.88 bits per heavy atom. The Balaban J connectivity index is 1.94. The Labute approximate surface area is 141 Å². The van der Waals surface area contributed by atoms with Crippen LogP contribution in [-0.2, 0) is 4.79 Å². The number of anilines is 1. The summed E-state index contributed by atoms with van der Waals surface area (Å²) < 4.78 is 5.53. The number of ether oxygens (including phenoxy) is 1. The lowest BCUT2D eigenvalue weighted by Gasteiger charge is -2.11. The zero-order valence-corrected chi connectivity index (χ0v) is 13.3. The SMILES string of the molecule is C#CCOc1ccccc1/C=C1/C(=O)N(c2ccccc2)N=C1C. The number of terminal acetylenes is 1. The minimum Gasteiger partial charge on any atom is -0.480 e. The molecule has 0 atom stereocenters. The standard InChI is InChI=1S/C20H16N2O2/c1-3-13-24-19-12-8-7-9-16(19)14-18-15(2)21-22(20(18)23)17-10-5-4-6-11-17/h1,4-12,14H,13H2,2H3/b18-14+. The van der Waals surface area contributed by atoms with E-state index in [2.05, 4.69) is 11.0 Å². The van der Waals surface area contributed by atoms with Gasteiger partial charge < -0.3 is 4.74 Å². The van der Waals surface area contributed by atoms with Crippen molar-refractivity contribution in [1.29, 1.82) is 0 Å². The first-order chi connectivity index (χ1) is 11.7. The molecular formula is C20H16N2O2. The maximum absolute atomic E-state index is 12.7. The van der Waals surface area contributed by atoms with Gasteiger partial charge in [0.2, 0.25) is 0 Å². The Kier molecular flexibility index (Phi) is 4.44. The lowest BCUT2D eigenvalue weighted by Crippen LogP contribution is -2.21. The Hall–Kier alpha value is -3.32. The molecule has 0 bridgehead atoms. The number of carbonyl (C=O) groups is 1. The van der Waals surface area contributed by atoms with Crippen molar-refractivity contribution >= 4 is 23.4 Å². The van der Waals surface area contributed by atoms with Crippen LogP contribution in [-0.4, -0.2) is 18.2 Å². The maximum Gasteiger partial charge on any atom is 0.280 e. The third kappa shape index (κ3) is 3.06. The van der Waals surface area contributed by atoms with Gasteiger partial charge in [-0.3, -0.25) is 4.79 Å². The van der Waals surface area contributed by atoms with Gasteiger partial charge in [0.05, 0.1) is 17.0 Å². The molecule has 0 aromatic heterocycles. The van der Waals surface area contributed by atoms with Gasteiger partial charge in [-0.1, -0.05) is 42.3 Å². The van der Waals surface area contributed by atoms with Gasteiger partial charge in [0.15, 0.2) is 0 Å². The van der Waals surface area contributed by atoms with Gasteiger partial charge >= 0.3 is 0 Å². The fraction of sp³-hybridized carbons (Fsp3) is 0.100. The van der Waals surface area contributed by atoms with Crippen molar-refractivity contribution in [2.24, 2.45) is 5.10 Å². The largest absolute Gasteiger partial charge is 0.480 e. The molecule has 3 rings (SSSR count). The number of para-hydroxylation sites is 2. The highest BCUT2D eigenvalue weighted by molar-refractivity contribution is 6.32. The molecule has 4 heteroatoms. The van der Waals surface area contributed by atoms with E-state index in [0.29, 0.717) is 17.0 Å². The van der Waals surface area contributed by atoms with Crippen LogP contribution >= 0.6 is 0 Å². The van der Waals surface area contributed by atoms with E-state index >= 15 is 0 Å². The van der Waals surface area contributed by atoms with Crippen molar-refractivity contribution in [3.05, 3.63) is 65.7 Å². The molecule has 118 valence electrons. The van der Waals surface area contributed by atoms with Crippen molar-refractivity contribution in [1.82, 2.24) is 0 Å². The molecule has 0 saturated carbocycles. The molecule has 0 radical (unpaired) electrons. The van der Waals surface area contributed by atoms with Gasteiger partial charge in [-0.15, -0.1) is 6.42 Å². The summed E-state index contributed by atoms with van der Waals surface area (Å²) in [6, 6.07) is 16.8. The average molecular weight is 316 g/mol. The number of nitrogens with zero attached hydrogens (tertiary/aromatic N) is 2. The van der Waals surface area contributed by atoms with Crippen molar-refractivity contribution in [2.45, 2.75) is 6.92 Å². The summed E-state index contributed by atoms with van der Waals surface area (Å²) >= 11 is 0. The molecule has 4 nitrogen and oxygen atoms in total.